The largest absolute Gasteiger partial charge is 0.383 e. The Labute approximate surface area is 107 Å². The highest BCUT2D eigenvalue weighted by atomic mass is 19.1. The van der Waals surface area contributed by atoms with Crippen LogP contribution in [0.3, 0.4) is 0 Å². The number of likely N-dealkylation sites (N-methyl/N-ethyl adjacent to an activating group) is 1. The minimum atomic E-state index is -0.434. The molecule has 0 aliphatic carbocycles. The van der Waals surface area contributed by atoms with Gasteiger partial charge in [-0.2, -0.15) is 0 Å². The monoisotopic (exact) mass is 254 g/mol. The van der Waals surface area contributed by atoms with Gasteiger partial charge in [0.1, 0.15) is 11.5 Å². The van der Waals surface area contributed by atoms with Crippen LogP contribution in [0.15, 0.2) is 18.3 Å². The average Bonchev–Trinajstić information content (AvgIpc) is 2.36. The molecule has 0 saturated heterocycles. The second kappa shape index (κ2) is 7.18. The number of rotatable bonds is 7. The number of hydrogen-bond acceptors (Lipinski definition) is 4. The lowest BCUT2D eigenvalue weighted by atomic mass is 10.0. The van der Waals surface area contributed by atoms with Crippen LogP contribution < -0.4 is 0 Å². The molecule has 100 valence electrons. The molecular formula is C13H19FN2O2. The summed E-state index contributed by atoms with van der Waals surface area (Å²) in [6.07, 6.45) is 1.06. The summed E-state index contributed by atoms with van der Waals surface area (Å²) >= 11 is 0. The van der Waals surface area contributed by atoms with Gasteiger partial charge in [-0.15, -0.1) is 0 Å². The van der Waals surface area contributed by atoms with Crippen LogP contribution in [-0.4, -0.2) is 49.5 Å². The standard InChI is InChI=1S/C13H19FN2O2/c1-10(9-16(2)6-7-18-3)13(17)12-5-4-11(14)8-15-12/h4-5,8,10H,6-7,9H2,1-3H3. The zero-order chi connectivity index (χ0) is 13.5. The quantitative estimate of drug-likeness (QED) is 0.693. The van der Waals surface area contributed by atoms with Crippen molar-refractivity contribution < 1.29 is 13.9 Å². The molecule has 1 rings (SSSR count). The van der Waals surface area contributed by atoms with Crippen molar-refractivity contribution in [1.29, 1.82) is 0 Å². The molecule has 0 aliphatic heterocycles. The fourth-order valence-corrected chi connectivity index (χ4v) is 1.66. The average molecular weight is 254 g/mol. The number of nitrogens with zero attached hydrogens (tertiary/aromatic N) is 2. The third-order valence-corrected chi connectivity index (χ3v) is 2.69. The van der Waals surface area contributed by atoms with E-state index in [1.54, 1.807) is 7.11 Å². The summed E-state index contributed by atoms with van der Waals surface area (Å²) in [5.74, 6) is -0.680. The first-order valence-electron chi connectivity index (χ1n) is 5.88. The maximum Gasteiger partial charge on any atom is 0.185 e. The summed E-state index contributed by atoms with van der Waals surface area (Å²) in [6.45, 7) is 3.87. The molecule has 0 amide bonds. The second-order valence-electron chi connectivity index (χ2n) is 4.38. The maximum absolute atomic E-state index is 12.7. The van der Waals surface area contributed by atoms with Gasteiger partial charge in [-0.1, -0.05) is 6.92 Å². The van der Waals surface area contributed by atoms with Gasteiger partial charge in [-0.25, -0.2) is 4.39 Å². The van der Waals surface area contributed by atoms with E-state index in [1.165, 1.54) is 12.1 Å². The molecule has 0 fully saturated rings. The number of pyridine rings is 1. The molecule has 0 aliphatic rings. The molecule has 5 heteroatoms. The van der Waals surface area contributed by atoms with Crippen molar-refractivity contribution in [2.75, 3.05) is 33.9 Å². The number of carbonyl (C=O) groups excluding carboxylic acids is 1. The molecule has 0 spiro atoms. The smallest absolute Gasteiger partial charge is 0.185 e. The van der Waals surface area contributed by atoms with Gasteiger partial charge in [-0.3, -0.25) is 9.78 Å². The van der Waals surface area contributed by atoms with Crippen LogP contribution in [0.25, 0.3) is 0 Å². The van der Waals surface area contributed by atoms with E-state index in [9.17, 15) is 9.18 Å². The van der Waals surface area contributed by atoms with Crippen molar-refractivity contribution in [2.45, 2.75) is 6.92 Å². The zero-order valence-corrected chi connectivity index (χ0v) is 11.0. The Bertz CT molecular complexity index is 381. The molecule has 0 saturated carbocycles. The number of aromatic nitrogens is 1. The fraction of sp³-hybridized carbons (Fsp3) is 0.538. The molecule has 0 radical (unpaired) electrons. The Hall–Kier alpha value is -1.33. The fourth-order valence-electron chi connectivity index (χ4n) is 1.66. The Morgan fingerprint density at radius 1 is 1.56 bits per heavy atom. The molecule has 4 nitrogen and oxygen atoms in total. The summed E-state index contributed by atoms with van der Waals surface area (Å²) in [4.78, 5) is 17.8. The first kappa shape index (κ1) is 14.7. The van der Waals surface area contributed by atoms with Crippen LogP contribution in [0.2, 0.25) is 0 Å². The third kappa shape index (κ3) is 4.50. The number of ether oxygens (including phenoxy) is 1. The van der Waals surface area contributed by atoms with Crippen LogP contribution >= 0.6 is 0 Å². The zero-order valence-electron chi connectivity index (χ0n) is 11.0. The molecular weight excluding hydrogens is 235 g/mol. The molecule has 0 N–H and O–H groups in total. The predicted molar refractivity (Wildman–Crippen MR) is 67.1 cm³/mol. The number of methoxy groups -OCH3 is 1. The number of Topliss-reactive ketones (excluding diaryl/α,β-unsaturated/α-hetero) is 1. The van der Waals surface area contributed by atoms with E-state index in [2.05, 4.69) is 4.98 Å². The normalized spacial score (nSPS) is 12.7. The van der Waals surface area contributed by atoms with Gasteiger partial charge >= 0.3 is 0 Å². The van der Waals surface area contributed by atoms with Crippen LogP contribution in [0.1, 0.15) is 17.4 Å². The minimum absolute atomic E-state index is 0.0701. The van der Waals surface area contributed by atoms with E-state index in [4.69, 9.17) is 4.74 Å². The first-order chi connectivity index (χ1) is 8.54. The molecule has 0 bridgehead atoms. The Morgan fingerprint density at radius 3 is 2.83 bits per heavy atom. The van der Waals surface area contributed by atoms with Gasteiger partial charge in [-0.05, 0) is 19.2 Å². The summed E-state index contributed by atoms with van der Waals surface area (Å²) in [5.41, 5.74) is 0.309. The lowest BCUT2D eigenvalue weighted by Crippen LogP contribution is -2.31. The van der Waals surface area contributed by atoms with Gasteiger partial charge in [0.15, 0.2) is 5.78 Å². The number of halogens is 1. The lowest BCUT2D eigenvalue weighted by molar-refractivity contribution is 0.0882. The molecule has 0 aromatic carbocycles. The summed E-state index contributed by atoms with van der Waals surface area (Å²) in [6, 6.07) is 2.67. The van der Waals surface area contributed by atoms with Gasteiger partial charge in [0.05, 0.1) is 12.8 Å². The van der Waals surface area contributed by atoms with Crippen LogP contribution in [0, 0.1) is 11.7 Å². The van der Waals surface area contributed by atoms with Crippen LogP contribution in [0.5, 0.6) is 0 Å². The van der Waals surface area contributed by atoms with E-state index in [0.29, 0.717) is 18.8 Å². The van der Waals surface area contributed by atoms with E-state index >= 15 is 0 Å². The molecule has 1 atom stereocenters. The van der Waals surface area contributed by atoms with E-state index in [1.807, 2.05) is 18.9 Å². The Morgan fingerprint density at radius 2 is 2.28 bits per heavy atom. The number of ketones is 1. The summed E-state index contributed by atoms with van der Waals surface area (Å²) < 4.78 is 17.7. The van der Waals surface area contributed by atoms with Gasteiger partial charge in [0.25, 0.3) is 0 Å². The van der Waals surface area contributed by atoms with Gasteiger partial charge in [0.2, 0.25) is 0 Å². The molecule has 1 unspecified atom stereocenters. The van der Waals surface area contributed by atoms with E-state index < -0.39 is 5.82 Å². The summed E-state index contributed by atoms with van der Waals surface area (Å²) in [7, 11) is 3.58. The van der Waals surface area contributed by atoms with Crippen molar-refractivity contribution in [3.63, 3.8) is 0 Å². The van der Waals surface area contributed by atoms with Crippen LogP contribution in [0.4, 0.5) is 4.39 Å². The van der Waals surface area contributed by atoms with E-state index in [-0.39, 0.29) is 11.7 Å². The Kier molecular flexibility index (Phi) is 5.88. The van der Waals surface area contributed by atoms with Gasteiger partial charge in [0, 0.05) is 26.1 Å². The SMILES string of the molecule is COCCN(C)CC(C)C(=O)c1ccc(F)cn1. The van der Waals surface area contributed by atoms with Crippen molar-refractivity contribution in [2.24, 2.45) is 5.92 Å². The highest BCUT2D eigenvalue weighted by Crippen LogP contribution is 2.08. The molecule has 1 aromatic rings. The van der Waals surface area contributed by atoms with Crippen molar-refractivity contribution >= 4 is 5.78 Å². The van der Waals surface area contributed by atoms with Crippen molar-refractivity contribution in [3.05, 3.63) is 29.8 Å². The minimum Gasteiger partial charge on any atom is -0.383 e. The van der Waals surface area contributed by atoms with E-state index in [0.717, 1.165) is 12.7 Å². The topological polar surface area (TPSA) is 42.4 Å². The molecule has 18 heavy (non-hydrogen) atoms. The Balaban J connectivity index is 2.53. The summed E-state index contributed by atoms with van der Waals surface area (Å²) in [5, 5.41) is 0. The third-order valence-electron chi connectivity index (χ3n) is 2.69. The van der Waals surface area contributed by atoms with Crippen molar-refractivity contribution in [1.82, 2.24) is 9.88 Å². The lowest BCUT2D eigenvalue weighted by Gasteiger charge is -2.19. The second-order valence-corrected chi connectivity index (χ2v) is 4.38. The first-order valence-corrected chi connectivity index (χ1v) is 5.88. The predicted octanol–water partition coefficient (Wildman–Crippen LogP) is 1.62. The highest BCUT2D eigenvalue weighted by Gasteiger charge is 2.18. The molecule has 1 heterocycles. The van der Waals surface area contributed by atoms with Crippen molar-refractivity contribution in [3.8, 4) is 0 Å². The highest BCUT2D eigenvalue weighted by molar-refractivity contribution is 5.95. The maximum atomic E-state index is 12.7. The number of hydrogen-bond donors (Lipinski definition) is 0. The van der Waals surface area contributed by atoms with Crippen LogP contribution in [-0.2, 0) is 4.74 Å². The van der Waals surface area contributed by atoms with Gasteiger partial charge < -0.3 is 9.64 Å². The number of carbonyl (C=O) groups is 1. The molecule has 1 aromatic heterocycles.